The Bertz CT molecular complexity index is 882. The fourth-order valence-electron chi connectivity index (χ4n) is 2.72. The average molecular weight is 378 g/mol. The fourth-order valence-corrected chi connectivity index (χ4v) is 2.72. The zero-order valence-corrected chi connectivity index (χ0v) is 15.3. The van der Waals surface area contributed by atoms with Gasteiger partial charge in [-0.2, -0.15) is 0 Å². The average Bonchev–Trinajstić information content (AvgIpc) is 3.01. The van der Waals surface area contributed by atoms with Crippen molar-refractivity contribution in [3.63, 3.8) is 0 Å². The highest BCUT2D eigenvalue weighted by Crippen LogP contribution is 2.15. The van der Waals surface area contributed by atoms with Gasteiger partial charge in [0.05, 0.1) is 5.70 Å². The van der Waals surface area contributed by atoms with Gasteiger partial charge in [0.1, 0.15) is 18.4 Å². The molecular formula is C21H22N4O3. The first-order valence-corrected chi connectivity index (χ1v) is 8.96. The lowest BCUT2D eigenvalue weighted by molar-refractivity contribution is -0.122. The Kier molecular flexibility index (Phi) is 6.41. The highest BCUT2D eigenvalue weighted by molar-refractivity contribution is 5.94. The van der Waals surface area contributed by atoms with Crippen LogP contribution < -0.4 is 16.4 Å². The monoisotopic (exact) mass is 378 g/mol. The Morgan fingerprint density at radius 1 is 1.29 bits per heavy atom. The van der Waals surface area contributed by atoms with Crippen LogP contribution in [0.2, 0.25) is 0 Å². The molecule has 2 aliphatic rings. The topological polar surface area (TPSA) is 106 Å². The molecule has 3 amide bonds. The molecule has 0 saturated heterocycles. The minimum absolute atomic E-state index is 0.0215. The Morgan fingerprint density at radius 2 is 2.07 bits per heavy atom. The minimum atomic E-state index is -0.849. The molecule has 7 nitrogen and oxygen atoms in total. The first kappa shape index (κ1) is 19.2. The molecule has 7 heteroatoms. The lowest BCUT2D eigenvalue weighted by atomic mass is 10.1. The van der Waals surface area contributed by atoms with Crippen LogP contribution in [-0.4, -0.2) is 30.8 Å². The summed E-state index contributed by atoms with van der Waals surface area (Å²) < 4.78 is 5.66. The van der Waals surface area contributed by atoms with Gasteiger partial charge in [0.2, 0.25) is 0 Å². The van der Waals surface area contributed by atoms with Crippen LogP contribution in [0.15, 0.2) is 82.9 Å². The van der Waals surface area contributed by atoms with E-state index in [9.17, 15) is 9.59 Å². The predicted molar refractivity (Wildman–Crippen MR) is 107 cm³/mol. The van der Waals surface area contributed by atoms with Gasteiger partial charge in [-0.25, -0.2) is 9.79 Å². The normalized spacial score (nSPS) is 19.5. The second-order valence-electron chi connectivity index (χ2n) is 6.28. The summed E-state index contributed by atoms with van der Waals surface area (Å²) >= 11 is 0. The number of amides is 3. The molecule has 4 N–H and O–H groups in total. The molecule has 3 rings (SSSR count). The lowest BCUT2D eigenvalue weighted by Gasteiger charge is -2.13. The van der Waals surface area contributed by atoms with Crippen LogP contribution in [0.3, 0.4) is 0 Å². The number of benzene rings is 1. The van der Waals surface area contributed by atoms with E-state index in [1.54, 1.807) is 12.2 Å². The van der Waals surface area contributed by atoms with Gasteiger partial charge in [0.15, 0.2) is 0 Å². The molecule has 1 atom stereocenters. The third kappa shape index (κ3) is 5.20. The van der Waals surface area contributed by atoms with Crippen molar-refractivity contribution in [3.8, 4) is 0 Å². The van der Waals surface area contributed by atoms with Crippen molar-refractivity contribution in [3.05, 3.63) is 83.4 Å². The van der Waals surface area contributed by atoms with Gasteiger partial charge in [-0.3, -0.25) is 4.79 Å². The number of nitrogens with zero attached hydrogens (tertiary/aromatic N) is 1. The molecule has 0 aromatic heterocycles. The van der Waals surface area contributed by atoms with Crippen LogP contribution in [0, 0.1) is 0 Å². The van der Waals surface area contributed by atoms with Gasteiger partial charge in [-0.05, 0) is 35.9 Å². The summed E-state index contributed by atoms with van der Waals surface area (Å²) in [7, 11) is 0. The van der Waals surface area contributed by atoms with Crippen LogP contribution in [0.1, 0.15) is 12.0 Å². The van der Waals surface area contributed by atoms with Crippen LogP contribution in [0.5, 0.6) is 0 Å². The quantitative estimate of drug-likeness (QED) is 0.698. The highest BCUT2D eigenvalue weighted by atomic mass is 16.5. The van der Waals surface area contributed by atoms with Crippen molar-refractivity contribution in [2.75, 3.05) is 6.61 Å². The largest absolute Gasteiger partial charge is 0.489 e. The number of carbonyl (C=O) groups is 2. The first-order valence-electron chi connectivity index (χ1n) is 8.96. The second-order valence-corrected chi connectivity index (χ2v) is 6.28. The molecule has 1 aliphatic heterocycles. The molecule has 144 valence electrons. The van der Waals surface area contributed by atoms with Crippen LogP contribution >= 0.6 is 0 Å². The number of allylic oxidation sites excluding steroid dienone is 5. The summed E-state index contributed by atoms with van der Waals surface area (Å²) in [5.74, 6) is 0.214. The van der Waals surface area contributed by atoms with Crippen molar-refractivity contribution in [1.29, 1.82) is 0 Å². The maximum absolute atomic E-state index is 12.4. The molecule has 1 heterocycles. The van der Waals surface area contributed by atoms with E-state index in [0.717, 1.165) is 12.0 Å². The number of urea groups is 1. The number of rotatable bonds is 4. The molecule has 0 unspecified atom stereocenters. The number of carbonyl (C=O) groups excluding carboxylic acids is 2. The van der Waals surface area contributed by atoms with Crippen LogP contribution in [-0.2, 0) is 16.0 Å². The predicted octanol–water partition coefficient (Wildman–Crippen LogP) is 2.09. The fraction of sp³-hybridized carbons (Fsp3) is 0.190. The molecule has 1 aromatic rings. The zero-order chi connectivity index (χ0) is 19.8. The van der Waals surface area contributed by atoms with Crippen molar-refractivity contribution in [2.24, 2.45) is 10.7 Å². The molecule has 1 aromatic carbocycles. The van der Waals surface area contributed by atoms with Gasteiger partial charge in [-0.15, -0.1) is 0 Å². The van der Waals surface area contributed by atoms with Gasteiger partial charge in [0, 0.05) is 12.6 Å². The zero-order valence-electron chi connectivity index (χ0n) is 15.3. The van der Waals surface area contributed by atoms with E-state index >= 15 is 0 Å². The second kappa shape index (κ2) is 9.36. The first-order chi connectivity index (χ1) is 13.7. The van der Waals surface area contributed by atoms with Crippen LogP contribution in [0.25, 0.3) is 0 Å². The van der Waals surface area contributed by atoms with E-state index in [0.29, 0.717) is 23.5 Å². The van der Waals surface area contributed by atoms with Gasteiger partial charge in [-0.1, -0.05) is 42.5 Å². The smallest absolute Gasteiger partial charge is 0.341 e. The Labute approximate surface area is 163 Å². The van der Waals surface area contributed by atoms with Crippen molar-refractivity contribution in [2.45, 2.75) is 18.9 Å². The summed E-state index contributed by atoms with van der Waals surface area (Å²) in [6.45, 7) is 0.0215. The summed E-state index contributed by atoms with van der Waals surface area (Å²) in [6, 6.07) is 8.22. The summed E-state index contributed by atoms with van der Waals surface area (Å²) in [4.78, 5) is 28.4. The number of ether oxygens (including phenoxy) is 1. The summed E-state index contributed by atoms with van der Waals surface area (Å²) in [6.07, 6.45) is 11.6. The minimum Gasteiger partial charge on any atom is -0.489 e. The molecule has 28 heavy (non-hydrogen) atoms. The lowest BCUT2D eigenvalue weighted by Crippen LogP contribution is -2.46. The number of hydrogen-bond acceptors (Lipinski definition) is 4. The number of aliphatic imine (C=N–C) groups is 1. The Hall–Kier alpha value is -3.61. The maximum Gasteiger partial charge on any atom is 0.341 e. The molecule has 0 bridgehead atoms. The number of nitrogens with two attached hydrogens (primary N) is 1. The molecule has 0 radical (unpaired) electrons. The SMILES string of the molecule is NC=C(C=NC(=O)N[C@H]1COC2=C(C=CCC=C2)NC1=O)Cc1ccccc1. The van der Waals surface area contributed by atoms with Crippen molar-refractivity contribution < 1.29 is 14.3 Å². The Balaban J connectivity index is 1.58. The van der Waals surface area contributed by atoms with E-state index in [2.05, 4.69) is 15.6 Å². The number of hydrogen-bond donors (Lipinski definition) is 3. The van der Waals surface area contributed by atoms with Crippen LogP contribution in [0.4, 0.5) is 4.79 Å². The third-order valence-corrected chi connectivity index (χ3v) is 4.18. The van der Waals surface area contributed by atoms with Gasteiger partial charge in [0.25, 0.3) is 5.91 Å². The molecule has 1 aliphatic carbocycles. The van der Waals surface area contributed by atoms with E-state index in [1.807, 2.05) is 42.5 Å². The maximum atomic E-state index is 12.4. The van der Waals surface area contributed by atoms with Gasteiger partial charge < -0.3 is 21.1 Å². The van der Waals surface area contributed by atoms with Crippen molar-refractivity contribution in [1.82, 2.24) is 10.6 Å². The van der Waals surface area contributed by atoms with Crippen molar-refractivity contribution >= 4 is 18.2 Å². The standard InChI is InChI=1S/C21H22N4O3/c22-12-16(11-15-7-3-1-4-8-15)13-23-21(27)25-18-14-28-19-10-6-2-5-9-17(19)24-20(18)26/h1,3-10,12-13,18H,2,11,14,22H2,(H,24,26)(H,25,27)/t18-/m0/s1. The molecule has 0 fully saturated rings. The molecule has 0 saturated carbocycles. The summed E-state index contributed by atoms with van der Waals surface area (Å²) in [5, 5.41) is 5.33. The van der Waals surface area contributed by atoms with E-state index in [-0.39, 0.29) is 12.5 Å². The summed E-state index contributed by atoms with van der Waals surface area (Å²) in [5.41, 5.74) is 7.94. The van der Waals surface area contributed by atoms with E-state index in [4.69, 9.17) is 10.5 Å². The molecular weight excluding hydrogens is 356 g/mol. The van der Waals surface area contributed by atoms with E-state index < -0.39 is 12.1 Å². The third-order valence-electron chi connectivity index (χ3n) is 4.18. The number of nitrogens with one attached hydrogen (secondary N) is 2. The Morgan fingerprint density at radius 3 is 2.86 bits per heavy atom. The molecule has 0 spiro atoms. The van der Waals surface area contributed by atoms with E-state index in [1.165, 1.54) is 12.4 Å². The van der Waals surface area contributed by atoms with Gasteiger partial charge >= 0.3 is 6.03 Å². The highest BCUT2D eigenvalue weighted by Gasteiger charge is 2.26.